The number of para-hydroxylation sites is 1. The van der Waals surface area contributed by atoms with Crippen LogP contribution in [0.15, 0.2) is 47.5 Å². The molecule has 2 N–H and O–H groups in total. The maximum Gasteiger partial charge on any atom is 0.241 e. The molecule has 2 fully saturated rings. The molecule has 1 amide bonds. The summed E-state index contributed by atoms with van der Waals surface area (Å²) < 4.78 is 30.5. The number of carbonyl (C=O) groups excluding carboxylic acids is 1. The van der Waals surface area contributed by atoms with Crippen LogP contribution in [-0.2, 0) is 21.2 Å². The van der Waals surface area contributed by atoms with Crippen LogP contribution >= 0.6 is 0 Å². The number of hydrogen-bond acceptors (Lipinski definition) is 3. The molecule has 2 bridgehead atoms. The third-order valence-electron chi connectivity index (χ3n) is 8.27. The second-order valence-corrected chi connectivity index (χ2v) is 14.3. The SMILES string of the molecule is Cc1cc(C)c(S(=O)(=O)NC(Cc2c[nH]c3ccccc23)C(=O)N2CC3(C)CC2CC(C)(C)C3)c(C)c1. The molecule has 37 heavy (non-hydrogen) atoms. The molecule has 3 aromatic rings. The lowest BCUT2D eigenvalue weighted by Crippen LogP contribution is -2.51. The van der Waals surface area contributed by atoms with Crippen molar-refractivity contribution in [3.8, 4) is 0 Å². The molecular weight excluding hydrogens is 482 g/mol. The molecule has 2 aromatic carbocycles. The lowest BCUT2D eigenvalue weighted by molar-refractivity contribution is -0.134. The average molecular weight is 522 g/mol. The molecule has 2 heterocycles. The van der Waals surface area contributed by atoms with Gasteiger partial charge in [-0.05, 0) is 80.0 Å². The molecule has 0 spiro atoms. The van der Waals surface area contributed by atoms with Gasteiger partial charge in [0.15, 0.2) is 0 Å². The number of carbonyl (C=O) groups is 1. The number of rotatable bonds is 6. The van der Waals surface area contributed by atoms with E-state index >= 15 is 0 Å². The van der Waals surface area contributed by atoms with Crippen molar-refractivity contribution >= 4 is 26.8 Å². The number of H-pyrrole nitrogens is 1. The number of aromatic amines is 1. The van der Waals surface area contributed by atoms with Gasteiger partial charge in [-0.25, -0.2) is 8.42 Å². The van der Waals surface area contributed by atoms with E-state index in [-0.39, 0.29) is 34.1 Å². The predicted octanol–water partition coefficient (Wildman–Crippen LogP) is 5.41. The van der Waals surface area contributed by atoms with Crippen molar-refractivity contribution in [3.05, 3.63) is 64.8 Å². The number of aryl methyl sites for hydroxylation is 3. The van der Waals surface area contributed by atoms with Crippen LogP contribution in [-0.4, -0.2) is 42.8 Å². The van der Waals surface area contributed by atoms with Gasteiger partial charge >= 0.3 is 0 Å². The number of likely N-dealkylation sites (tertiary alicyclic amines) is 1. The van der Waals surface area contributed by atoms with Crippen molar-refractivity contribution in [2.45, 2.75) is 84.2 Å². The number of sulfonamides is 1. The quantitative estimate of drug-likeness (QED) is 0.455. The van der Waals surface area contributed by atoms with Crippen molar-refractivity contribution in [2.24, 2.45) is 10.8 Å². The van der Waals surface area contributed by atoms with Gasteiger partial charge in [-0.2, -0.15) is 4.72 Å². The van der Waals surface area contributed by atoms with Crippen molar-refractivity contribution in [1.82, 2.24) is 14.6 Å². The highest BCUT2D eigenvalue weighted by molar-refractivity contribution is 7.89. The van der Waals surface area contributed by atoms with Crippen LogP contribution in [0, 0.1) is 31.6 Å². The van der Waals surface area contributed by atoms with Crippen molar-refractivity contribution in [1.29, 1.82) is 0 Å². The Morgan fingerprint density at radius 2 is 1.78 bits per heavy atom. The van der Waals surface area contributed by atoms with Crippen LogP contribution in [0.2, 0.25) is 0 Å². The fourth-order valence-electron chi connectivity index (χ4n) is 7.45. The van der Waals surface area contributed by atoms with Gasteiger partial charge in [0, 0.05) is 29.7 Å². The summed E-state index contributed by atoms with van der Waals surface area (Å²) in [5.74, 6) is -0.123. The molecule has 6 nitrogen and oxygen atoms in total. The van der Waals surface area contributed by atoms with Gasteiger partial charge in [-0.3, -0.25) is 4.79 Å². The number of amides is 1. The molecule has 5 rings (SSSR count). The first-order chi connectivity index (χ1) is 17.3. The monoisotopic (exact) mass is 521 g/mol. The minimum absolute atomic E-state index is 0.0659. The Morgan fingerprint density at radius 1 is 1.11 bits per heavy atom. The van der Waals surface area contributed by atoms with Crippen LogP contribution in [0.3, 0.4) is 0 Å². The zero-order valence-electron chi connectivity index (χ0n) is 22.8. The van der Waals surface area contributed by atoms with E-state index in [1.165, 1.54) is 0 Å². The maximum atomic E-state index is 14.2. The van der Waals surface area contributed by atoms with Gasteiger partial charge < -0.3 is 9.88 Å². The third-order valence-corrected chi connectivity index (χ3v) is 10.0. The van der Waals surface area contributed by atoms with Crippen LogP contribution in [0.1, 0.15) is 62.3 Å². The number of nitrogens with one attached hydrogen (secondary N) is 2. The van der Waals surface area contributed by atoms with Gasteiger partial charge in [0.1, 0.15) is 6.04 Å². The molecule has 1 aromatic heterocycles. The van der Waals surface area contributed by atoms with Crippen molar-refractivity contribution in [2.75, 3.05) is 6.54 Å². The zero-order valence-corrected chi connectivity index (χ0v) is 23.6. The Morgan fingerprint density at radius 3 is 2.49 bits per heavy atom. The summed E-state index contributed by atoms with van der Waals surface area (Å²) in [6, 6.07) is 10.9. The zero-order chi connectivity index (χ0) is 26.8. The number of nitrogens with zero attached hydrogens (tertiary/aromatic N) is 1. The van der Waals surface area contributed by atoms with Crippen molar-refractivity contribution in [3.63, 3.8) is 0 Å². The molecule has 3 atom stereocenters. The van der Waals surface area contributed by atoms with E-state index in [0.717, 1.165) is 41.3 Å². The van der Waals surface area contributed by atoms with E-state index in [9.17, 15) is 13.2 Å². The van der Waals surface area contributed by atoms with Gasteiger partial charge in [0.2, 0.25) is 15.9 Å². The summed E-state index contributed by atoms with van der Waals surface area (Å²) in [7, 11) is -3.94. The van der Waals surface area contributed by atoms with Crippen molar-refractivity contribution < 1.29 is 13.2 Å². The van der Waals surface area contributed by atoms with Crippen LogP contribution in [0.4, 0.5) is 0 Å². The number of aromatic nitrogens is 1. The topological polar surface area (TPSA) is 82.3 Å². The van der Waals surface area contributed by atoms with E-state index in [0.29, 0.717) is 17.7 Å². The fourth-order valence-corrected chi connectivity index (χ4v) is 9.10. The summed E-state index contributed by atoms with van der Waals surface area (Å²) in [6.45, 7) is 13.1. The highest BCUT2D eigenvalue weighted by Crippen LogP contribution is 2.52. The van der Waals surface area contributed by atoms with E-state index in [4.69, 9.17) is 0 Å². The summed E-state index contributed by atoms with van der Waals surface area (Å²) in [4.78, 5) is 19.7. The molecule has 1 saturated heterocycles. The fraction of sp³-hybridized carbons (Fsp3) is 0.500. The average Bonchev–Trinajstić information content (AvgIpc) is 3.28. The van der Waals surface area contributed by atoms with E-state index in [1.54, 1.807) is 0 Å². The van der Waals surface area contributed by atoms with Crippen LogP contribution in [0.25, 0.3) is 10.9 Å². The first-order valence-corrected chi connectivity index (χ1v) is 14.7. The Balaban J connectivity index is 1.52. The second-order valence-electron chi connectivity index (χ2n) is 12.6. The van der Waals surface area contributed by atoms with E-state index in [2.05, 4.69) is 30.5 Å². The van der Waals surface area contributed by atoms with E-state index < -0.39 is 16.1 Å². The standard InChI is InChI=1S/C30H39N3O3S/c1-19-11-20(2)27(21(3)12-19)37(35,36)32-26(13-22-16-31-25-10-8-7-9-24(22)25)28(34)33-18-30(6)15-23(33)14-29(4,5)17-30/h7-12,16,23,26,31-32H,13-15,17-18H2,1-6H3. The van der Waals surface area contributed by atoms with Gasteiger partial charge in [-0.1, -0.05) is 56.7 Å². The normalized spacial score (nSPS) is 23.9. The molecule has 7 heteroatoms. The molecule has 3 unspecified atom stereocenters. The summed E-state index contributed by atoms with van der Waals surface area (Å²) >= 11 is 0. The summed E-state index contributed by atoms with van der Waals surface area (Å²) in [6.07, 6.45) is 5.17. The molecule has 1 aliphatic heterocycles. The minimum Gasteiger partial charge on any atom is -0.361 e. The number of benzene rings is 2. The second kappa shape index (κ2) is 8.98. The Bertz CT molecular complexity index is 1450. The highest BCUT2D eigenvalue weighted by atomic mass is 32.2. The molecular formula is C30H39N3O3S. The van der Waals surface area contributed by atoms with Gasteiger partial charge in [-0.15, -0.1) is 0 Å². The predicted molar refractivity (Wildman–Crippen MR) is 148 cm³/mol. The summed E-state index contributed by atoms with van der Waals surface area (Å²) in [5, 5.41) is 1.01. The lowest BCUT2D eigenvalue weighted by atomic mass is 9.65. The molecule has 2 aliphatic rings. The number of fused-ring (bicyclic) bond motifs is 3. The first-order valence-electron chi connectivity index (χ1n) is 13.2. The maximum absolute atomic E-state index is 14.2. The molecule has 198 valence electrons. The molecule has 0 radical (unpaired) electrons. The van der Waals surface area contributed by atoms with Gasteiger partial charge in [0.25, 0.3) is 0 Å². The molecule has 1 saturated carbocycles. The van der Waals surface area contributed by atoms with E-state index in [1.807, 2.05) is 68.3 Å². The Labute approximate surface area is 220 Å². The first kappa shape index (κ1) is 26.0. The van der Waals surface area contributed by atoms with Gasteiger partial charge in [0.05, 0.1) is 4.90 Å². The molecule has 1 aliphatic carbocycles. The largest absolute Gasteiger partial charge is 0.361 e. The minimum atomic E-state index is -3.94. The number of hydrogen-bond donors (Lipinski definition) is 2. The van der Waals surface area contributed by atoms with Crippen LogP contribution < -0.4 is 4.72 Å². The smallest absolute Gasteiger partial charge is 0.241 e. The van der Waals surface area contributed by atoms with Crippen LogP contribution in [0.5, 0.6) is 0 Å². The lowest BCUT2D eigenvalue weighted by Gasteiger charge is -2.39. The highest BCUT2D eigenvalue weighted by Gasteiger charge is 2.52. The third kappa shape index (κ3) is 4.96. The Hall–Kier alpha value is -2.64. The Kier molecular flexibility index (Phi) is 6.31. The summed E-state index contributed by atoms with van der Waals surface area (Å²) in [5.41, 5.74) is 4.53.